The Morgan fingerprint density at radius 2 is 1.82 bits per heavy atom. The summed E-state index contributed by atoms with van der Waals surface area (Å²) in [5.41, 5.74) is 12.2. The van der Waals surface area contributed by atoms with E-state index in [0.717, 1.165) is 77.7 Å². The molecular formula is C37H43N9O5. The number of rotatable bonds is 9. The fraction of sp³-hybridized carbons (Fsp3) is 0.432. The summed E-state index contributed by atoms with van der Waals surface area (Å²) in [5.74, 6) is -0.469. The van der Waals surface area contributed by atoms with Crippen LogP contribution in [0, 0.1) is 0 Å². The number of nitrogens with two attached hydrogens (primary N) is 1. The maximum atomic E-state index is 12.4. The molecule has 3 aromatic heterocycles. The molecule has 14 nitrogen and oxygen atoms in total. The van der Waals surface area contributed by atoms with Gasteiger partial charge < -0.3 is 30.1 Å². The van der Waals surface area contributed by atoms with E-state index in [1.807, 2.05) is 45.2 Å². The first-order valence-electron chi connectivity index (χ1n) is 17.5. The van der Waals surface area contributed by atoms with E-state index in [4.69, 9.17) is 30.3 Å². The van der Waals surface area contributed by atoms with Gasteiger partial charge in [-0.25, -0.2) is 14.8 Å². The number of benzene rings is 1. The first kappa shape index (κ1) is 34.2. The lowest BCUT2D eigenvalue weighted by atomic mass is 9.93. The molecule has 0 aliphatic carbocycles. The molecule has 266 valence electrons. The van der Waals surface area contributed by atoms with Crippen molar-refractivity contribution in [3.05, 3.63) is 71.9 Å². The molecule has 3 N–H and O–H groups in total. The summed E-state index contributed by atoms with van der Waals surface area (Å²) in [6.45, 7) is 6.72. The molecule has 1 aromatic carbocycles. The van der Waals surface area contributed by atoms with E-state index in [2.05, 4.69) is 27.2 Å². The fourth-order valence-electron chi connectivity index (χ4n) is 6.91. The quantitative estimate of drug-likeness (QED) is 0.261. The third kappa shape index (κ3) is 7.92. The zero-order chi connectivity index (χ0) is 35.3. The molecule has 0 saturated carbocycles. The van der Waals surface area contributed by atoms with Crippen molar-refractivity contribution in [2.24, 2.45) is 10.7 Å². The second-order valence-electron chi connectivity index (χ2n) is 13.2. The van der Waals surface area contributed by atoms with Gasteiger partial charge in [-0.05, 0) is 37.1 Å². The second-order valence-corrected chi connectivity index (χ2v) is 13.2. The number of carbonyl (C=O) groups excluding carboxylic acids is 1. The van der Waals surface area contributed by atoms with E-state index in [1.54, 1.807) is 6.92 Å². The minimum atomic E-state index is -1.04. The van der Waals surface area contributed by atoms with Gasteiger partial charge in [0.1, 0.15) is 0 Å². The lowest BCUT2D eigenvalue weighted by molar-refractivity contribution is -0.128. The minimum absolute atomic E-state index is 0.0293. The van der Waals surface area contributed by atoms with Crippen molar-refractivity contribution in [3.8, 4) is 11.3 Å². The van der Waals surface area contributed by atoms with Crippen LogP contribution in [0.2, 0.25) is 0 Å². The molecule has 3 saturated heterocycles. The summed E-state index contributed by atoms with van der Waals surface area (Å²) in [7, 11) is 0. The van der Waals surface area contributed by atoms with Crippen LogP contribution in [0.25, 0.3) is 27.7 Å². The Labute approximate surface area is 296 Å². The molecule has 6 heterocycles. The van der Waals surface area contributed by atoms with Crippen LogP contribution in [-0.4, -0.2) is 110 Å². The topological polar surface area (TPSA) is 174 Å². The average Bonchev–Trinajstić information content (AvgIpc) is 3.64. The number of aliphatic imine (C=N–C) groups is 1. The molecule has 1 amide bonds. The first-order valence-corrected chi connectivity index (χ1v) is 17.5. The van der Waals surface area contributed by atoms with Gasteiger partial charge in [0.05, 0.1) is 42.8 Å². The van der Waals surface area contributed by atoms with Gasteiger partial charge >= 0.3 is 5.97 Å². The van der Waals surface area contributed by atoms with Crippen LogP contribution in [0.3, 0.4) is 0 Å². The molecule has 0 atom stereocenters. The third-order valence-electron chi connectivity index (χ3n) is 9.88. The van der Waals surface area contributed by atoms with Gasteiger partial charge in [0.15, 0.2) is 0 Å². The van der Waals surface area contributed by atoms with Crippen molar-refractivity contribution in [1.82, 2.24) is 29.6 Å². The molecule has 3 aliphatic rings. The highest BCUT2D eigenvalue weighted by Crippen LogP contribution is 2.30. The Morgan fingerprint density at radius 1 is 1.04 bits per heavy atom. The van der Waals surface area contributed by atoms with Gasteiger partial charge in [-0.3, -0.25) is 19.5 Å². The number of nitrogens with zero attached hydrogens (tertiary/aromatic N) is 8. The van der Waals surface area contributed by atoms with Crippen LogP contribution in [0.15, 0.2) is 65.8 Å². The van der Waals surface area contributed by atoms with Gasteiger partial charge in [0, 0.05) is 111 Å². The number of hydrogen-bond donors (Lipinski definition) is 2. The number of pyridine rings is 1. The molecular weight excluding hydrogens is 650 g/mol. The van der Waals surface area contributed by atoms with Gasteiger partial charge in [0.2, 0.25) is 11.9 Å². The zero-order valence-corrected chi connectivity index (χ0v) is 28.8. The summed E-state index contributed by atoms with van der Waals surface area (Å²) in [6, 6.07) is 8.34. The van der Waals surface area contributed by atoms with Crippen LogP contribution < -0.4 is 10.6 Å². The first-order chi connectivity index (χ1) is 24.8. The Kier molecular flexibility index (Phi) is 10.3. The molecule has 0 bridgehead atoms. The average molecular weight is 694 g/mol. The number of hydrogen-bond acceptors (Lipinski definition) is 11. The van der Waals surface area contributed by atoms with E-state index in [1.165, 1.54) is 12.4 Å². The second kappa shape index (κ2) is 15.4. The number of aromatic nitrogens is 5. The lowest BCUT2D eigenvalue weighted by Gasteiger charge is -2.31. The van der Waals surface area contributed by atoms with E-state index >= 15 is 0 Å². The zero-order valence-electron chi connectivity index (χ0n) is 28.8. The van der Waals surface area contributed by atoms with Crippen molar-refractivity contribution in [3.63, 3.8) is 0 Å². The fourth-order valence-corrected chi connectivity index (χ4v) is 6.91. The Balaban J connectivity index is 1.00. The Bertz CT molecular complexity index is 1940. The molecule has 0 spiro atoms. The van der Waals surface area contributed by atoms with E-state index in [-0.39, 0.29) is 23.6 Å². The van der Waals surface area contributed by atoms with Crippen LogP contribution in [-0.2, 0) is 20.8 Å². The number of ether oxygens (including phenoxy) is 2. The molecule has 51 heavy (non-hydrogen) atoms. The number of carboxylic acid groups (broad SMARTS) is 1. The normalized spacial score (nSPS) is 19.5. The highest BCUT2D eigenvalue weighted by atomic mass is 16.5. The summed E-state index contributed by atoms with van der Waals surface area (Å²) < 4.78 is 13.6. The third-order valence-corrected chi connectivity index (χ3v) is 9.88. The number of piperidine rings is 2. The van der Waals surface area contributed by atoms with Crippen LogP contribution in [0.4, 0.5) is 5.95 Å². The molecule has 4 aromatic rings. The van der Waals surface area contributed by atoms with Gasteiger partial charge in [-0.15, -0.1) is 0 Å². The van der Waals surface area contributed by atoms with Crippen LogP contribution >= 0.6 is 0 Å². The Morgan fingerprint density at radius 3 is 2.57 bits per heavy atom. The van der Waals surface area contributed by atoms with E-state index < -0.39 is 5.97 Å². The Hall–Kier alpha value is -5.21. The number of aromatic carboxylic acids is 1. The number of carboxylic acids is 1. The lowest BCUT2D eigenvalue weighted by Crippen LogP contribution is -2.40. The maximum Gasteiger partial charge on any atom is 0.338 e. The summed E-state index contributed by atoms with van der Waals surface area (Å²) in [4.78, 5) is 45.7. The summed E-state index contributed by atoms with van der Waals surface area (Å²) in [6.07, 6.45) is 12.6. The predicted molar refractivity (Wildman–Crippen MR) is 192 cm³/mol. The van der Waals surface area contributed by atoms with Crippen LogP contribution in [0.5, 0.6) is 0 Å². The standard InChI is InChI=1S/C37H43N9O5/c1-24(47)45-12-7-33(43-28-8-14-50-15-9-28)32(23-45)35(38)30-4-2-3-25-17-34(39-21-31(25)30)27-20-42-46(22-27)13-16-51-29-5-10-44(11-6-29)37-40-18-26(19-41-37)36(48)49/h2-4,17-22,28-29H,5-16,23,38H2,1H3,(H,48,49)/b35-32-,43-33?. The van der Waals surface area contributed by atoms with Gasteiger partial charge in [-0.1, -0.05) is 18.2 Å². The van der Waals surface area contributed by atoms with Crippen molar-refractivity contribution in [1.29, 1.82) is 0 Å². The molecule has 0 radical (unpaired) electrons. The van der Waals surface area contributed by atoms with Gasteiger partial charge in [0.25, 0.3) is 0 Å². The number of fused-ring (bicyclic) bond motifs is 1. The largest absolute Gasteiger partial charge is 0.478 e. The van der Waals surface area contributed by atoms with E-state index in [0.29, 0.717) is 57.5 Å². The maximum absolute atomic E-state index is 12.4. The number of carbonyl (C=O) groups is 2. The van der Waals surface area contributed by atoms with E-state index in [9.17, 15) is 9.59 Å². The smallest absolute Gasteiger partial charge is 0.338 e. The minimum Gasteiger partial charge on any atom is -0.478 e. The van der Waals surface area contributed by atoms with Gasteiger partial charge in [-0.2, -0.15) is 5.10 Å². The summed E-state index contributed by atoms with van der Waals surface area (Å²) >= 11 is 0. The number of likely N-dealkylation sites (tertiary alicyclic amines) is 1. The highest BCUT2D eigenvalue weighted by Gasteiger charge is 2.27. The van der Waals surface area contributed by atoms with Crippen molar-refractivity contribution in [2.75, 3.05) is 50.9 Å². The highest BCUT2D eigenvalue weighted by molar-refractivity contribution is 6.10. The molecule has 0 unspecified atom stereocenters. The number of anilines is 1. The molecule has 3 fully saturated rings. The monoisotopic (exact) mass is 693 g/mol. The molecule has 14 heteroatoms. The predicted octanol–water partition coefficient (Wildman–Crippen LogP) is 3.81. The van der Waals surface area contributed by atoms with Crippen LogP contribution in [0.1, 0.15) is 54.9 Å². The van der Waals surface area contributed by atoms with Crippen molar-refractivity contribution in [2.45, 2.75) is 57.7 Å². The molecule has 7 rings (SSSR count). The van der Waals surface area contributed by atoms with Crippen molar-refractivity contribution < 1.29 is 24.2 Å². The summed E-state index contributed by atoms with van der Waals surface area (Å²) in [5, 5.41) is 15.6. The number of amides is 1. The SMILES string of the molecule is CC(=O)N1CCC(=NC2CCOCC2)/C(=C(\N)c2cccc3cc(-c4cnn(CCOC5CCN(c6ncc(C(=O)O)cn6)CC5)c4)ncc23)C1. The van der Waals surface area contributed by atoms with Crippen molar-refractivity contribution >= 4 is 40.0 Å². The molecule has 3 aliphatic heterocycles.